The van der Waals surface area contributed by atoms with E-state index in [0.29, 0.717) is 25.4 Å². The molecule has 5 atom stereocenters. The lowest BCUT2D eigenvalue weighted by Gasteiger charge is -2.26. The molecule has 1 aliphatic carbocycles. The Morgan fingerprint density at radius 1 is 0.946 bits per heavy atom. The van der Waals surface area contributed by atoms with Crippen LogP contribution in [0.3, 0.4) is 0 Å². The van der Waals surface area contributed by atoms with Crippen LogP contribution >= 0.6 is 0 Å². The third-order valence-electron chi connectivity index (χ3n) is 7.23. The van der Waals surface area contributed by atoms with Crippen LogP contribution in [0.5, 0.6) is 0 Å². The van der Waals surface area contributed by atoms with Crippen LogP contribution in [0.4, 0.5) is 0 Å². The van der Waals surface area contributed by atoms with Crippen molar-refractivity contribution < 1.29 is 28.5 Å². The van der Waals surface area contributed by atoms with Gasteiger partial charge in [0.05, 0.1) is 7.11 Å². The molecular weight excluding hydrogens is 468 g/mol. The summed E-state index contributed by atoms with van der Waals surface area (Å²) in [6, 6.07) is 0. The normalized spacial score (nSPS) is 24.9. The molecule has 0 amide bonds. The minimum Gasteiger partial charge on any atom is -0.467 e. The smallest absolute Gasteiger partial charge is 0.335 e. The zero-order chi connectivity index (χ0) is 26.9. The molecule has 6 nitrogen and oxygen atoms in total. The van der Waals surface area contributed by atoms with Crippen molar-refractivity contribution in [2.45, 2.75) is 123 Å². The lowest BCUT2D eigenvalue weighted by atomic mass is 9.90. The van der Waals surface area contributed by atoms with E-state index in [1.807, 2.05) is 0 Å². The van der Waals surface area contributed by atoms with Crippen molar-refractivity contribution in [3.8, 4) is 0 Å². The summed E-state index contributed by atoms with van der Waals surface area (Å²) in [6.07, 6.45) is 23.3. The molecule has 37 heavy (non-hydrogen) atoms. The molecule has 1 heterocycles. The van der Waals surface area contributed by atoms with Gasteiger partial charge in [0.1, 0.15) is 6.10 Å². The number of ether oxygens (including phenoxy) is 4. The Balaban J connectivity index is 1.81. The maximum atomic E-state index is 12.2. The third-order valence-corrected chi connectivity index (χ3v) is 7.23. The van der Waals surface area contributed by atoms with Crippen LogP contribution in [0.25, 0.3) is 0 Å². The number of methoxy groups -OCH3 is 1. The third kappa shape index (κ3) is 12.9. The summed E-state index contributed by atoms with van der Waals surface area (Å²) in [4.78, 5) is 23.8. The number of unbranched alkanes of at least 4 members (excludes halogenated alkanes) is 4. The molecule has 1 saturated heterocycles. The maximum absolute atomic E-state index is 12.2. The first kappa shape index (κ1) is 31.3. The van der Waals surface area contributed by atoms with Crippen LogP contribution in [0.1, 0.15) is 104 Å². The van der Waals surface area contributed by atoms with Gasteiger partial charge in [0.25, 0.3) is 0 Å². The second kappa shape index (κ2) is 18.4. The van der Waals surface area contributed by atoms with Crippen molar-refractivity contribution in [2.24, 2.45) is 11.8 Å². The highest BCUT2D eigenvalue weighted by molar-refractivity contribution is 5.74. The van der Waals surface area contributed by atoms with Gasteiger partial charge in [0.2, 0.25) is 0 Å². The lowest BCUT2D eigenvalue weighted by molar-refractivity contribution is -0.203. The first-order valence-electron chi connectivity index (χ1n) is 14.4. The van der Waals surface area contributed by atoms with Gasteiger partial charge in [-0.1, -0.05) is 42.4 Å². The van der Waals surface area contributed by atoms with Crippen molar-refractivity contribution in [1.29, 1.82) is 0 Å². The number of carbonyl (C=O) groups is 2. The molecule has 1 saturated carbocycles. The first-order chi connectivity index (χ1) is 17.9. The van der Waals surface area contributed by atoms with Crippen molar-refractivity contribution in [3.63, 3.8) is 0 Å². The van der Waals surface area contributed by atoms with E-state index in [9.17, 15) is 9.59 Å². The van der Waals surface area contributed by atoms with Crippen molar-refractivity contribution in [1.82, 2.24) is 0 Å². The number of rotatable bonds is 16. The largest absolute Gasteiger partial charge is 0.467 e. The number of carbonyl (C=O) groups excluding carboxylic acids is 2. The molecule has 0 bridgehead atoms. The Labute approximate surface area is 224 Å². The molecule has 0 N–H and O–H groups in total. The van der Waals surface area contributed by atoms with Gasteiger partial charge in [0, 0.05) is 19.4 Å². The molecule has 0 radical (unpaired) electrons. The molecule has 0 aromatic rings. The van der Waals surface area contributed by atoms with Crippen LogP contribution in [0.2, 0.25) is 0 Å². The van der Waals surface area contributed by atoms with Gasteiger partial charge in [-0.15, -0.1) is 0 Å². The minimum absolute atomic E-state index is 0.0320. The van der Waals surface area contributed by atoms with Gasteiger partial charge >= 0.3 is 11.9 Å². The minimum atomic E-state index is -0.615. The van der Waals surface area contributed by atoms with E-state index in [0.717, 1.165) is 44.9 Å². The highest BCUT2D eigenvalue weighted by Crippen LogP contribution is 2.38. The summed E-state index contributed by atoms with van der Waals surface area (Å²) in [5.74, 6) is 0.157. The van der Waals surface area contributed by atoms with Crippen molar-refractivity contribution >= 4 is 11.9 Å². The second-order valence-corrected chi connectivity index (χ2v) is 10.6. The SMILES string of the molecule is COC(=O)C(CCC=CC[C@H]1[C@@H](OC(C)=O)CC[C@@H]1C=CCCCCCC=C(C)C)OC1CCCCO1. The molecule has 2 aliphatic rings. The van der Waals surface area contributed by atoms with E-state index < -0.39 is 6.10 Å². The van der Waals surface area contributed by atoms with Gasteiger partial charge in [-0.05, 0) is 96.8 Å². The van der Waals surface area contributed by atoms with E-state index >= 15 is 0 Å². The zero-order valence-corrected chi connectivity index (χ0v) is 23.6. The Bertz CT molecular complexity index is 745. The molecule has 0 aromatic heterocycles. The van der Waals surface area contributed by atoms with Gasteiger partial charge in [-0.25, -0.2) is 4.79 Å². The molecule has 1 aliphatic heterocycles. The number of hydrogen-bond donors (Lipinski definition) is 0. The molecule has 0 spiro atoms. The highest BCUT2D eigenvalue weighted by atomic mass is 16.7. The van der Waals surface area contributed by atoms with E-state index in [-0.39, 0.29) is 30.3 Å². The zero-order valence-electron chi connectivity index (χ0n) is 23.6. The monoisotopic (exact) mass is 518 g/mol. The van der Waals surface area contributed by atoms with Crippen molar-refractivity contribution in [3.05, 3.63) is 36.0 Å². The van der Waals surface area contributed by atoms with E-state index in [1.54, 1.807) is 0 Å². The molecule has 0 aromatic carbocycles. The molecule has 2 fully saturated rings. The van der Waals surface area contributed by atoms with E-state index in [4.69, 9.17) is 18.9 Å². The maximum Gasteiger partial charge on any atom is 0.335 e. The standard InChI is InChI=1S/C31H50O6/c1-24(2)16-10-7-5-6-8-11-17-26-21-22-28(36-25(3)32)27(26)18-12-9-13-19-29(31(33)34-4)37-30-20-14-15-23-35-30/h9,11-12,16-17,26-30H,5-8,10,13-15,18-23H2,1-4H3/t26-,27+,28-,29?,30?/m0/s1. The molecule has 210 valence electrons. The van der Waals surface area contributed by atoms with Gasteiger partial charge in [-0.2, -0.15) is 0 Å². The number of hydrogen-bond acceptors (Lipinski definition) is 6. The predicted molar refractivity (Wildman–Crippen MR) is 147 cm³/mol. The van der Waals surface area contributed by atoms with Crippen LogP contribution in [-0.4, -0.2) is 44.2 Å². The van der Waals surface area contributed by atoms with Crippen LogP contribution < -0.4 is 0 Å². The average Bonchev–Trinajstić information content (AvgIpc) is 3.24. The fraction of sp³-hybridized carbons (Fsp3) is 0.742. The average molecular weight is 519 g/mol. The second-order valence-electron chi connectivity index (χ2n) is 10.6. The topological polar surface area (TPSA) is 71.1 Å². The number of allylic oxidation sites excluding steroid dienone is 6. The van der Waals surface area contributed by atoms with Crippen LogP contribution in [0.15, 0.2) is 36.0 Å². The fourth-order valence-corrected chi connectivity index (χ4v) is 5.22. The fourth-order valence-electron chi connectivity index (χ4n) is 5.22. The Morgan fingerprint density at radius 3 is 2.46 bits per heavy atom. The van der Waals surface area contributed by atoms with Crippen LogP contribution in [-0.2, 0) is 28.5 Å². The van der Waals surface area contributed by atoms with Crippen molar-refractivity contribution in [2.75, 3.05) is 13.7 Å². The molecule has 2 unspecified atom stereocenters. The Kier molecular flexibility index (Phi) is 15.5. The summed E-state index contributed by atoms with van der Waals surface area (Å²) in [6.45, 7) is 6.48. The quantitative estimate of drug-likeness (QED) is 0.122. The van der Waals surface area contributed by atoms with Gasteiger partial charge < -0.3 is 18.9 Å². The van der Waals surface area contributed by atoms with E-state index in [2.05, 4.69) is 44.2 Å². The summed E-state index contributed by atoms with van der Waals surface area (Å²) in [5.41, 5.74) is 1.40. The highest BCUT2D eigenvalue weighted by Gasteiger charge is 2.35. The first-order valence-corrected chi connectivity index (χ1v) is 14.4. The summed E-state index contributed by atoms with van der Waals surface area (Å²) in [5, 5.41) is 0. The summed E-state index contributed by atoms with van der Waals surface area (Å²) >= 11 is 0. The van der Waals surface area contributed by atoms with Crippen LogP contribution in [0, 0.1) is 11.8 Å². The van der Waals surface area contributed by atoms with E-state index in [1.165, 1.54) is 45.3 Å². The summed E-state index contributed by atoms with van der Waals surface area (Å²) in [7, 11) is 1.39. The molecule has 2 rings (SSSR count). The summed E-state index contributed by atoms with van der Waals surface area (Å²) < 4.78 is 22.1. The van der Waals surface area contributed by atoms with Gasteiger partial charge in [0.15, 0.2) is 12.4 Å². The Hall–Kier alpha value is -1.92. The van der Waals surface area contributed by atoms with Gasteiger partial charge in [-0.3, -0.25) is 4.79 Å². The molecular formula is C31H50O6. The lowest BCUT2D eigenvalue weighted by Crippen LogP contribution is -2.33. The molecule has 6 heteroatoms. The predicted octanol–water partition coefficient (Wildman–Crippen LogP) is 7.23. The number of esters is 2. The Morgan fingerprint density at radius 2 is 1.76 bits per heavy atom.